The maximum atomic E-state index is 12.2. The molecule has 1 aliphatic rings. The largest absolute Gasteiger partial charge is 0.444 e. The zero-order chi connectivity index (χ0) is 14.8. The second kappa shape index (κ2) is 5.83. The number of rotatable bonds is 2. The maximum absolute atomic E-state index is 12.2. The smallest absolute Gasteiger partial charge is 0.410 e. The molecule has 1 amide bonds. The normalized spacial score (nSPS) is 22.9. The minimum atomic E-state index is -0.458. The van der Waals surface area contributed by atoms with Gasteiger partial charge in [0.15, 0.2) is 0 Å². The summed E-state index contributed by atoms with van der Waals surface area (Å²) in [5, 5.41) is 0. The van der Waals surface area contributed by atoms with Gasteiger partial charge in [-0.15, -0.1) is 0 Å². The molecule has 0 aromatic heterocycles. The monoisotopic (exact) mass is 276 g/mol. The van der Waals surface area contributed by atoms with Crippen molar-refractivity contribution >= 4 is 6.09 Å². The standard InChI is InChI=1S/C16H24N2O2/c1-16(2,3)20-15(19)18-10-13(9-17)14(11-18)12-7-5-4-6-8-12/h4-8,13-14H,9-11,17H2,1-3H3/t13-,14+/m1/s1. The van der Waals surface area contributed by atoms with Crippen LogP contribution in [0.4, 0.5) is 4.79 Å². The van der Waals surface area contributed by atoms with Crippen LogP contribution in [0.2, 0.25) is 0 Å². The van der Waals surface area contributed by atoms with Crippen LogP contribution in [-0.2, 0) is 4.74 Å². The Morgan fingerprint density at radius 2 is 1.95 bits per heavy atom. The van der Waals surface area contributed by atoms with E-state index in [4.69, 9.17) is 10.5 Å². The fourth-order valence-electron chi connectivity index (χ4n) is 2.66. The Labute approximate surface area is 120 Å². The van der Waals surface area contributed by atoms with Gasteiger partial charge >= 0.3 is 6.09 Å². The minimum Gasteiger partial charge on any atom is -0.444 e. The summed E-state index contributed by atoms with van der Waals surface area (Å²) in [6.45, 7) is 7.59. The van der Waals surface area contributed by atoms with E-state index < -0.39 is 5.60 Å². The molecule has 0 aliphatic carbocycles. The van der Waals surface area contributed by atoms with E-state index >= 15 is 0 Å². The molecule has 4 heteroatoms. The first kappa shape index (κ1) is 14.9. The van der Waals surface area contributed by atoms with Crippen LogP contribution < -0.4 is 5.73 Å². The van der Waals surface area contributed by atoms with Gasteiger partial charge in [0.1, 0.15) is 5.60 Å². The predicted molar refractivity (Wildman–Crippen MR) is 79.5 cm³/mol. The van der Waals surface area contributed by atoms with E-state index in [2.05, 4.69) is 12.1 Å². The second-order valence-electron chi connectivity index (χ2n) is 6.40. The first-order chi connectivity index (χ1) is 9.40. The van der Waals surface area contributed by atoms with Crippen molar-refractivity contribution in [3.8, 4) is 0 Å². The highest BCUT2D eigenvalue weighted by Gasteiger charge is 2.36. The first-order valence-electron chi connectivity index (χ1n) is 7.13. The number of benzene rings is 1. The quantitative estimate of drug-likeness (QED) is 0.903. The van der Waals surface area contributed by atoms with Crippen LogP contribution in [0.1, 0.15) is 32.3 Å². The van der Waals surface area contributed by atoms with E-state index in [1.807, 2.05) is 39.0 Å². The highest BCUT2D eigenvalue weighted by atomic mass is 16.6. The third-order valence-corrected chi connectivity index (χ3v) is 3.62. The van der Waals surface area contributed by atoms with Gasteiger partial charge in [-0.2, -0.15) is 0 Å². The van der Waals surface area contributed by atoms with Crippen LogP contribution in [0, 0.1) is 5.92 Å². The molecule has 0 unspecified atom stereocenters. The molecule has 1 aromatic rings. The predicted octanol–water partition coefficient (Wildman–Crippen LogP) is 2.60. The summed E-state index contributed by atoms with van der Waals surface area (Å²) in [4.78, 5) is 13.9. The van der Waals surface area contributed by atoms with Crippen molar-refractivity contribution in [2.24, 2.45) is 11.7 Å². The van der Waals surface area contributed by atoms with E-state index in [1.54, 1.807) is 4.90 Å². The Morgan fingerprint density at radius 3 is 2.50 bits per heavy atom. The minimum absolute atomic E-state index is 0.241. The molecule has 2 atom stereocenters. The molecular formula is C16H24N2O2. The Bertz CT molecular complexity index is 453. The van der Waals surface area contributed by atoms with Crippen molar-refractivity contribution in [2.75, 3.05) is 19.6 Å². The summed E-state index contributed by atoms with van der Waals surface area (Å²) in [5.74, 6) is 0.596. The maximum Gasteiger partial charge on any atom is 0.410 e. The van der Waals surface area contributed by atoms with E-state index in [0.717, 1.165) is 0 Å². The second-order valence-corrected chi connectivity index (χ2v) is 6.40. The lowest BCUT2D eigenvalue weighted by Gasteiger charge is -2.24. The van der Waals surface area contributed by atoms with Crippen LogP contribution in [0.25, 0.3) is 0 Å². The van der Waals surface area contributed by atoms with Crippen molar-refractivity contribution in [2.45, 2.75) is 32.3 Å². The van der Waals surface area contributed by atoms with Crippen molar-refractivity contribution < 1.29 is 9.53 Å². The SMILES string of the molecule is CC(C)(C)OC(=O)N1C[C@@H](CN)[C@H](c2ccccc2)C1. The molecule has 1 aliphatic heterocycles. The average molecular weight is 276 g/mol. The first-order valence-corrected chi connectivity index (χ1v) is 7.13. The number of carbonyl (C=O) groups is 1. The third-order valence-electron chi connectivity index (χ3n) is 3.62. The van der Waals surface area contributed by atoms with Crippen LogP contribution >= 0.6 is 0 Å². The number of likely N-dealkylation sites (tertiary alicyclic amines) is 1. The van der Waals surface area contributed by atoms with E-state index in [-0.39, 0.29) is 6.09 Å². The van der Waals surface area contributed by atoms with Crippen LogP contribution in [0.15, 0.2) is 30.3 Å². The zero-order valence-corrected chi connectivity index (χ0v) is 12.5. The number of amides is 1. The summed E-state index contributed by atoms with van der Waals surface area (Å²) in [6, 6.07) is 10.3. The lowest BCUT2D eigenvalue weighted by Crippen LogP contribution is -2.35. The Balaban J connectivity index is 2.08. The molecule has 0 bridgehead atoms. The number of hydrogen-bond acceptors (Lipinski definition) is 3. The third kappa shape index (κ3) is 3.51. The number of nitrogens with two attached hydrogens (primary N) is 1. The molecule has 1 saturated heterocycles. The molecule has 0 spiro atoms. The van der Waals surface area contributed by atoms with Crippen molar-refractivity contribution in [3.05, 3.63) is 35.9 Å². The van der Waals surface area contributed by atoms with Crippen LogP contribution in [-0.4, -0.2) is 36.2 Å². The highest BCUT2D eigenvalue weighted by molar-refractivity contribution is 5.68. The molecule has 20 heavy (non-hydrogen) atoms. The van der Waals surface area contributed by atoms with Crippen molar-refractivity contribution in [3.63, 3.8) is 0 Å². The molecule has 110 valence electrons. The van der Waals surface area contributed by atoms with Gasteiger partial charge in [-0.1, -0.05) is 30.3 Å². The van der Waals surface area contributed by atoms with Gasteiger partial charge < -0.3 is 15.4 Å². The van der Waals surface area contributed by atoms with E-state index in [9.17, 15) is 4.79 Å². The van der Waals surface area contributed by atoms with Crippen molar-refractivity contribution in [1.82, 2.24) is 4.90 Å². The fraction of sp³-hybridized carbons (Fsp3) is 0.562. The number of hydrogen-bond donors (Lipinski definition) is 1. The Morgan fingerprint density at radius 1 is 1.30 bits per heavy atom. The summed E-state index contributed by atoms with van der Waals surface area (Å²) < 4.78 is 5.44. The van der Waals surface area contributed by atoms with E-state index in [1.165, 1.54) is 5.56 Å². The lowest BCUT2D eigenvalue weighted by atomic mass is 9.89. The summed E-state index contributed by atoms with van der Waals surface area (Å²) in [7, 11) is 0. The molecule has 2 rings (SSSR count). The Kier molecular flexibility index (Phi) is 4.33. The van der Waals surface area contributed by atoms with Gasteiger partial charge in [0.2, 0.25) is 0 Å². The topological polar surface area (TPSA) is 55.6 Å². The van der Waals surface area contributed by atoms with Gasteiger partial charge in [-0.25, -0.2) is 4.79 Å². The fourth-order valence-corrected chi connectivity index (χ4v) is 2.66. The summed E-state index contributed by atoms with van der Waals surface area (Å²) in [6.07, 6.45) is -0.241. The van der Waals surface area contributed by atoms with Gasteiger partial charge in [0.05, 0.1) is 0 Å². The van der Waals surface area contributed by atoms with Gasteiger partial charge in [-0.05, 0) is 38.8 Å². The summed E-state index contributed by atoms with van der Waals surface area (Å²) >= 11 is 0. The van der Waals surface area contributed by atoms with Gasteiger partial charge in [0, 0.05) is 19.0 Å². The molecule has 0 saturated carbocycles. The number of ether oxygens (including phenoxy) is 1. The van der Waals surface area contributed by atoms with Crippen molar-refractivity contribution in [1.29, 1.82) is 0 Å². The van der Waals surface area contributed by atoms with Crippen LogP contribution in [0.5, 0.6) is 0 Å². The zero-order valence-electron chi connectivity index (χ0n) is 12.5. The molecule has 1 aromatic carbocycles. The Hall–Kier alpha value is -1.55. The van der Waals surface area contributed by atoms with Gasteiger partial charge in [0.25, 0.3) is 0 Å². The van der Waals surface area contributed by atoms with Gasteiger partial charge in [-0.3, -0.25) is 0 Å². The van der Waals surface area contributed by atoms with E-state index in [0.29, 0.717) is 31.5 Å². The molecule has 2 N–H and O–H groups in total. The highest BCUT2D eigenvalue weighted by Crippen LogP contribution is 2.32. The summed E-state index contributed by atoms with van der Waals surface area (Å²) in [5.41, 5.74) is 6.66. The number of nitrogens with zero attached hydrogens (tertiary/aromatic N) is 1. The molecule has 1 fully saturated rings. The number of carbonyl (C=O) groups excluding carboxylic acids is 1. The molecular weight excluding hydrogens is 252 g/mol. The molecule has 4 nitrogen and oxygen atoms in total. The van der Waals surface area contributed by atoms with Crippen LogP contribution in [0.3, 0.4) is 0 Å². The average Bonchev–Trinajstić information content (AvgIpc) is 2.82. The molecule has 1 heterocycles. The molecule has 0 radical (unpaired) electrons. The lowest BCUT2D eigenvalue weighted by molar-refractivity contribution is 0.0287.